The summed E-state index contributed by atoms with van der Waals surface area (Å²) >= 11 is 0. The van der Waals surface area contributed by atoms with Crippen LogP contribution in [0, 0.1) is 6.92 Å². The minimum absolute atomic E-state index is 0.137. The van der Waals surface area contributed by atoms with Gasteiger partial charge in [-0.15, -0.1) is 0 Å². The number of rotatable bonds is 7. The minimum Gasteiger partial charge on any atom is -0.355 e. The smallest absolute Gasteiger partial charge is 0.224 e. The number of carbonyl (C=O) groups is 1. The Bertz CT molecular complexity index is 1100. The number of aryl methyl sites for hydroxylation is 1. The van der Waals surface area contributed by atoms with E-state index in [1.54, 1.807) is 24.5 Å². The number of hydrogen-bond donors (Lipinski definition) is 1. The zero-order chi connectivity index (χ0) is 20.9. The molecule has 1 aromatic carbocycles. The van der Waals surface area contributed by atoms with Crippen molar-refractivity contribution in [3.63, 3.8) is 0 Å². The van der Waals surface area contributed by atoms with Crippen molar-refractivity contribution in [3.05, 3.63) is 71.9 Å². The number of sulfone groups is 1. The molecule has 0 spiro atoms. The molecule has 3 rings (SSSR count). The van der Waals surface area contributed by atoms with E-state index >= 15 is 0 Å². The molecule has 0 saturated carbocycles. The maximum atomic E-state index is 12.2. The fraction of sp³-hybridized carbons (Fsp3) is 0.238. The topological polar surface area (TPSA) is 102 Å². The van der Waals surface area contributed by atoms with Gasteiger partial charge in [0.2, 0.25) is 5.91 Å². The number of benzene rings is 1. The Balaban J connectivity index is 1.60. The average Bonchev–Trinajstić information content (AvgIpc) is 2.68. The number of aromatic nitrogens is 3. The highest BCUT2D eigenvalue weighted by atomic mass is 32.2. The Morgan fingerprint density at radius 3 is 2.48 bits per heavy atom. The highest BCUT2D eigenvalue weighted by Crippen LogP contribution is 2.19. The number of carbonyl (C=O) groups excluding carboxylic acids is 1. The highest BCUT2D eigenvalue weighted by molar-refractivity contribution is 7.90. The normalized spacial score (nSPS) is 11.2. The molecule has 0 saturated heterocycles. The van der Waals surface area contributed by atoms with Crippen LogP contribution in [0.15, 0.2) is 59.8 Å². The number of nitrogens with zero attached hydrogens (tertiary/aromatic N) is 3. The van der Waals surface area contributed by atoms with Crippen LogP contribution in [0.25, 0.3) is 11.3 Å². The summed E-state index contributed by atoms with van der Waals surface area (Å²) in [6.45, 7) is 2.25. The number of nitrogens with one attached hydrogen (secondary N) is 1. The first kappa shape index (κ1) is 20.6. The third-order valence-electron chi connectivity index (χ3n) is 4.33. The van der Waals surface area contributed by atoms with Crippen molar-refractivity contribution in [2.45, 2.75) is 24.7 Å². The van der Waals surface area contributed by atoms with E-state index in [-0.39, 0.29) is 17.2 Å². The molecule has 1 N–H and O–H groups in total. The number of amides is 1. The molecular weight excluding hydrogens is 388 g/mol. The molecule has 0 aliphatic rings. The third-order valence-corrected chi connectivity index (χ3v) is 5.46. The lowest BCUT2D eigenvalue weighted by molar-refractivity contribution is -0.120. The molecule has 2 heterocycles. The second-order valence-electron chi connectivity index (χ2n) is 6.69. The Hall–Kier alpha value is -3.13. The van der Waals surface area contributed by atoms with Crippen molar-refractivity contribution < 1.29 is 13.2 Å². The second-order valence-corrected chi connectivity index (χ2v) is 8.70. The number of hydrogen-bond acceptors (Lipinski definition) is 6. The number of pyridine rings is 1. The van der Waals surface area contributed by atoms with E-state index in [2.05, 4.69) is 20.3 Å². The summed E-state index contributed by atoms with van der Waals surface area (Å²) in [4.78, 5) is 25.6. The van der Waals surface area contributed by atoms with E-state index in [4.69, 9.17) is 0 Å². The van der Waals surface area contributed by atoms with Gasteiger partial charge in [0.15, 0.2) is 9.84 Å². The molecule has 150 valence electrons. The fourth-order valence-electron chi connectivity index (χ4n) is 2.87. The average molecular weight is 410 g/mol. The van der Waals surface area contributed by atoms with Gasteiger partial charge in [-0.3, -0.25) is 9.78 Å². The summed E-state index contributed by atoms with van der Waals surface area (Å²) in [6, 6.07) is 12.0. The summed E-state index contributed by atoms with van der Waals surface area (Å²) in [5, 5.41) is 2.88. The van der Waals surface area contributed by atoms with Gasteiger partial charge in [-0.2, -0.15) is 0 Å². The van der Waals surface area contributed by atoms with E-state index in [0.717, 1.165) is 28.8 Å². The maximum Gasteiger partial charge on any atom is 0.224 e. The van der Waals surface area contributed by atoms with Gasteiger partial charge >= 0.3 is 0 Å². The Morgan fingerprint density at radius 2 is 1.83 bits per heavy atom. The van der Waals surface area contributed by atoms with Crippen LogP contribution in [0.1, 0.15) is 17.1 Å². The third kappa shape index (κ3) is 5.68. The summed E-state index contributed by atoms with van der Waals surface area (Å²) in [5.41, 5.74) is 3.22. The van der Waals surface area contributed by atoms with Crippen molar-refractivity contribution >= 4 is 15.7 Å². The molecule has 1 amide bonds. The fourth-order valence-corrected chi connectivity index (χ4v) is 3.50. The van der Waals surface area contributed by atoms with Crippen LogP contribution >= 0.6 is 0 Å². The SMILES string of the molecule is Cc1ncc(-c2ccccn2)c(CCNC(=O)Cc2ccc(S(C)(=O)=O)cc2)n1. The predicted octanol–water partition coefficient (Wildman–Crippen LogP) is 2.15. The van der Waals surface area contributed by atoms with Gasteiger partial charge in [-0.05, 0) is 36.8 Å². The van der Waals surface area contributed by atoms with E-state index in [1.165, 1.54) is 12.1 Å². The molecule has 2 aromatic heterocycles. The molecule has 8 heteroatoms. The molecule has 0 aliphatic carbocycles. The summed E-state index contributed by atoms with van der Waals surface area (Å²) in [7, 11) is -3.24. The first-order valence-electron chi connectivity index (χ1n) is 9.12. The first-order chi connectivity index (χ1) is 13.8. The Kier molecular flexibility index (Phi) is 6.33. The minimum atomic E-state index is -3.24. The van der Waals surface area contributed by atoms with E-state index in [1.807, 2.05) is 25.1 Å². The summed E-state index contributed by atoms with van der Waals surface area (Å²) in [5.74, 6) is 0.527. The summed E-state index contributed by atoms with van der Waals surface area (Å²) in [6.07, 6.45) is 5.36. The molecule has 0 radical (unpaired) electrons. The van der Waals surface area contributed by atoms with Crippen LogP contribution in [0.5, 0.6) is 0 Å². The van der Waals surface area contributed by atoms with Crippen LogP contribution in [0.3, 0.4) is 0 Å². The molecule has 0 fully saturated rings. The Morgan fingerprint density at radius 1 is 1.07 bits per heavy atom. The summed E-state index contributed by atoms with van der Waals surface area (Å²) < 4.78 is 23.0. The van der Waals surface area contributed by atoms with Crippen LogP contribution in [-0.2, 0) is 27.5 Å². The van der Waals surface area contributed by atoms with Gasteiger partial charge in [0.25, 0.3) is 0 Å². The van der Waals surface area contributed by atoms with Gasteiger partial charge in [-0.1, -0.05) is 18.2 Å². The molecule has 3 aromatic rings. The molecule has 0 aliphatic heterocycles. The first-order valence-corrected chi connectivity index (χ1v) is 11.0. The van der Waals surface area contributed by atoms with Crippen molar-refractivity contribution in [2.24, 2.45) is 0 Å². The predicted molar refractivity (Wildman–Crippen MR) is 110 cm³/mol. The van der Waals surface area contributed by atoms with Crippen molar-refractivity contribution in [2.75, 3.05) is 12.8 Å². The monoisotopic (exact) mass is 410 g/mol. The van der Waals surface area contributed by atoms with Crippen molar-refractivity contribution in [1.29, 1.82) is 0 Å². The van der Waals surface area contributed by atoms with Gasteiger partial charge in [0.1, 0.15) is 5.82 Å². The van der Waals surface area contributed by atoms with Gasteiger partial charge in [0.05, 0.1) is 22.7 Å². The van der Waals surface area contributed by atoms with Crippen molar-refractivity contribution in [1.82, 2.24) is 20.3 Å². The standard InChI is InChI=1S/C21H22N4O3S/c1-15-24-14-18(19-5-3-4-11-22-19)20(25-15)10-12-23-21(26)13-16-6-8-17(9-7-16)29(2,27)28/h3-9,11,14H,10,12-13H2,1-2H3,(H,23,26). The van der Waals surface area contributed by atoms with Gasteiger partial charge in [0, 0.05) is 37.2 Å². The van der Waals surface area contributed by atoms with Crippen LogP contribution < -0.4 is 5.32 Å². The molecule has 0 unspecified atom stereocenters. The molecule has 7 nitrogen and oxygen atoms in total. The van der Waals surface area contributed by atoms with E-state index in [0.29, 0.717) is 18.8 Å². The molecule has 0 atom stereocenters. The highest BCUT2D eigenvalue weighted by Gasteiger charge is 2.11. The van der Waals surface area contributed by atoms with Crippen LogP contribution in [0.4, 0.5) is 0 Å². The van der Waals surface area contributed by atoms with E-state index < -0.39 is 9.84 Å². The van der Waals surface area contributed by atoms with Crippen molar-refractivity contribution in [3.8, 4) is 11.3 Å². The second kappa shape index (κ2) is 8.91. The van der Waals surface area contributed by atoms with E-state index in [9.17, 15) is 13.2 Å². The quantitative estimate of drug-likeness (QED) is 0.640. The van der Waals surface area contributed by atoms with Crippen LogP contribution in [-0.4, -0.2) is 42.1 Å². The van der Waals surface area contributed by atoms with Crippen LogP contribution in [0.2, 0.25) is 0 Å². The maximum absolute atomic E-state index is 12.2. The largest absolute Gasteiger partial charge is 0.355 e. The zero-order valence-corrected chi connectivity index (χ0v) is 17.1. The molecular formula is C21H22N4O3S. The lowest BCUT2D eigenvalue weighted by Crippen LogP contribution is -2.27. The zero-order valence-electron chi connectivity index (χ0n) is 16.3. The van der Waals surface area contributed by atoms with Gasteiger partial charge in [-0.25, -0.2) is 18.4 Å². The van der Waals surface area contributed by atoms with Gasteiger partial charge < -0.3 is 5.32 Å². The Labute approximate surface area is 170 Å². The molecule has 0 bridgehead atoms. The lowest BCUT2D eigenvalue weighted by Gasteiger charge is -2.10. The lowest BCUT2D eigenvalue weighted by atomic mass is 10.1. The molecule has 29 heavy (non-hydrogen) atoms.